The lowest BCUT2D eigenvalue weighted by Crippen LogP contribution is -2.55. The van der Waals surface area contributed by atoms with E-state index in [1.54, 1.807) is 0 Å². The van der Waals surface area contributed by atoms with E-state index in [0.29, 0.717) is 31.8 Å². The van der Waals surface area contributed by atoms with Gasteiger partial charge in [0.1, 0.15) is 5.76 Å². The van der Waals surface area contributed by atoms with Crippen LogP contribution in [0.5, 0.6) is 0 Å². The van der Waals surface area contributed by atoms with Crippen molar-refractivity contribution < 1.29 is 33.0 Å². The lowest BCUT2D eigenvalue weighted by molar-refractivity contribution is -0.199. The van der Waals surface area contributed by atoms with E-state index in [9.17, 15) is 9.59 Å². The van der Waals surface area contributed by atoms with Crippen molar-refractivity contribution in [3.63, 3.8) is 0 Å². The number of hydrogen-bond acceptors (Lipinski definition) is 7. The Balaban J connectivity index is 1.88. The highest BCUT2D eigenvalue weighted by atomic mass is 28.4. The van der Waals surface area contributed by atoms with Crippen LogP contribution in [0, 0.1) is 17.8 Å². The molecule has 4 atom stereocenters. The van der Waals surface area contributed by atoms with Gasteiger partial charge >= 0.3 is 5.97 Å². The van der Waals surface area contributed by atoms with Crippen molar-refractivity contribution in [3.8, 4) is 0 Å². The van der Waals surface area contributed by atoms with Gasteiger partial charge in [0.05, 0.1) is 38.2 Å². The van der Waals surface area contributed by atoms with Crippen LogP contribution < -0.4 is 0 Å². The second-order valence-electron chi connectivity index (χ2n) is 9.94. The van der Waals surface area contributed by atoms with Gasteiger partial charge in [-0.3, -0.25) is 4.79 Å². The molecule has 0 radical (unpaired) electrons. The van der Waals surface area contributed by atoms with Crippen molar-refractivity contribution >= 4 is 20.3 Å². The zero-order valence-electron chi connectivity index (χ0n) is 18.6. The topological polar surface area (TPSA) is 80.3 Å². The number of hydrogen-bond donors (Lipinski definition) is 0. The first-order valence-electron chi connectivity index (χ1n) is 10.4. The van der Waals surface area contributed by atoms with Crippen molar-refractivity contribution in [2.24, 2.45) is 17.8 Å². The summed E-state index contributed by atoms with van der Waals surface area (Å²) in [4.78, 5) is 25.3. The summed E-state index contributed by atoms with van der Waals surface area (Å²) < 4.78 is 29.0. The fourth-order valence-corrected chi connectivity index (χ4v) is 5.30. The SMILES string of the molecule is COC1=CC(=O)O[C@]12C[C@@H](C)[C@@H](C(=O)O[Si](C)(C)C(C)(C)C)C[C@H]2C1OCCO1. The predicted octanol–water partition coefficient (Wildman–Crippen LogP) is 3.40. The number of ether oxygens (including phenoxy) is 4. The molecule has 2 fully saturated rings. The van der Waals surface area contributed by atoms with Crippen LogP contribution in [-0.4, -0.2) is 52.5 Å². The third kappa shape index (κ3) is 3.99. The summed E-state index contributed by atoms with van der Waals surface area (Å²) in [6, 6.07) is 0. The lowest BCUT2D eigenvalue weighted by atomic mass is 9.65. The fourth-order valence-electron chi connectivity index (χ4n) is 4.34. The molecule has 7 nitrogen and oxygen atoms in total. The smallest absolute Gasteiger partial charge is 0.335 e. The third-order valence-corrected chi connectivity index (χ3v) is 11.4. The highest BCUT2D eigenvalue weighted by molar-refractivity contribution is 6.75. The molecule has 0 N–H and O–H groups in total. The molecule has 29 heavy (non-hydrogen) atoms. The standard InChI is InChI=1S/C21H34O7Si/c1-13-12-21(16(24-5)11-17(22)27-21)15(19-25-8-9-26-19)10-14(13)18(23)28-29(6,7)20(2,3)4/h11,13-15,19H,8-10,12H2,1-7H3/t13-,14+,15+,21+/m1/s1. The molecule has 8 heteroatoms. The minimum atomic E-state index is -2.24. The minimum absolute atomic E-state index is 0.0469. The highest BCUT2D eigenvalue weighted by Crippen LogP contribution is 2.52. The normalized spacial score (nSPS) is 33.6. The molecule has 0 aromatic rings. The maximum atomic E-state index is 13.2. The first-order valence-corrected chi connectivity index (χ1v) is 13.3. The quantitative estimate of drug-likeness (QED) is 0.503. The predicted molar refractivity (Wildman–Crippen MR) is 108 cm³/mol. The number of carbonyl (C=O) groups is 2. The number of carbonyl (C=O) groups excluding carboxylic acids is 2. The number of rotatable bonds is 4. The molecule has 0 bridgehead atoms. The van der Waals surface area contributed by atoms with Gasteiger partial charge in [-0.05, 0) is 36.9 Å². The Bertz CT molecular complexity index is 690. The van der Waals surface area contributed by atoms with E-state index in [4.69, 9.17) is 23.4 Å². The van der Waals surface area contributed by atoms with Crippen molar-refractivity contribution in [2.75, 3.05) is 20.3 Å². The number of esters is 1. The average molecular weight is 427 g/mol. The van der Waals surface area contributed by atoms with E-state index in [1.807, 2.05) is 6.92 Å². The van der Waals surface area contributed by atoms with Crippen LogP contribution in [0.2, 0.25) is 18.1 Å². The Morgan fingerprint density at radius 3 is 2.41 bits per heavy atom. The van der Waals surface area contributed by atoms with Gasteiger partial charge < -0.3 is 23.4 Å². The summed E-state index contributed by atoms with van der Waals surface area (Å²) in [5.74, 6) is -0.821. The molecule has 0 aromatic carbocycles. The first-order chi connectivity index (χ1) is 13.4. The summed E-state index contributed by atoms with van der Waals surface area (Å²) >= 11 is 0. The van der Waals surface area contributed by atoms with Crippen LogP contribution in [0.1, 0.15) is 40.5 Å². The van der Waals surface area contributed by atoms with E-state index in [2.05, 4.69) is 33.9 Å². The van der Waals surface area contributed by atoms with Gasteiger partial charge in [0.25, 0.3) is 14.3 Å². The van der Waals surface area contributed by atoms with Gasteiger partial charge in [0.15, 0.2) is 11.9 Å². The average Bonchev–Trinajstić information content (AvgIpc) is 3.21. The lowest BCUT2D eigenvalue weighted by Gasteiger charge is -2.47. The summed E-state index contributed by atoms with van der Waals surface area (Å²) in [6.45, 7) is 13.5. The van der Waals surface area contributed by atoms with Crippen molar-refractivity contribution in [3.05, 3.63) is 11.8 Å². The van der Waals surface area contributed by atoms with Crippen LogP contribution in [0.25, 0.3) is 0 Å². The van der Waals surface area contributed by atoms with Gasteiger partial charge in [0, 0.05) is 0 Å². The molecule has 1 saturated heterocycles. The van der Waals surface area contributed by atoms with Gasteiger partial charge in [-0.25, -0.2) is 4.79 Å². The van der Waals surface area contributed by atoms with Gasteiger partial charge in [0.2, 0.25) is 0 Å². The van der Waals surface area contributed by atoms with Gasteiger partial charge in [-0.2, -0.15) is 0 Å². The molecule has 1 saturated carbocycles. The van der Waals surface area contributed by atoms with Crippen LogP contribution in [-0.2, 0) is 33.0 Å². The Morgan fingerprint density at radius 1 is 1.24 bits per heavy atom. The van der Waals surface area contributed by atoms with Crippen LogP contribution >= 0.6 is 0 Å². The minimum Gasteiger partial charge on any atom is -0.519 e. The second kappa shape index (κ2) is 7.70. The monoisotopic (exact) mass is 426 g/mol. The zero-order valence-corrected chi connectivity index (χ0v) is 19.6. The molecule has 2 aliphatic heterocycles. The molecular weight excluding hydrogens is 392 g/mol. The van der Waals surface area contributed by atoms with E-state index < -0.39 is 26.2 Å². The molecule has 0 amide bonds. The Morgan fingerprint density at radius 2 is 1.86 bits per heavy atom. The molecule has 2 heterocycles. The molecule has 164 valence electrons. The van der Waals surface area contributed by atoms with Gasteiger partial charge in [-0.1, -0.05) is 27.7 Å². The van der Waals surface area contributed by atoms with E-state index in [-0.39, 0.29) is 28.8 Å². The highest BCUT2D eigenvalue weighted by Gasteiger charge is 2.60. The summed E-state index contributed by atoms with van der Waals surface area (Å²) in [5.41, 5.74) is -0.964. The maximum Gasteiger partial charge on any atom is 0.335 e. The van der Waals surface area contributed by atoms with Gasteiger partial charge in [-0.15, -0.1) is 0 Å². The van der Waals surface area contributed by atoms with E-state index in [1.165, 1.54) is 13.2 Å². The summed E-state index contributed by atoms with van der Waals surface area (Å²) in [7, 11) is -0.707. The second-order valence-corrected chi connectivity index (χ2v) is 14.7. The van der Waals surface area contributed by atoms with Crippen molar-refractivity contribution in [2.45, 2.75) is 70.6 Å². The Kier molecular flexibility index (Phi) is 5.93. The first kappa shape index (κ1) is 22.3. The van der Waals surface area contributed by atoms with Crippen molar-refractivity contribution in [1.29, 1.82) is 0 Å². The zero-order chi connectivity index (χ0) is 21.6. The number of methoxy groups -OCH3 is 1. The van der Waals surface area contributed by atoms with E-state index >= 15 is 0 Å². The molecule has 3 rings (SSSR count). The molecule has 3 aliphatic rings. The molecule has 1 aliphatic carbocycles. The molecule has 1 spiro atoms. The van der Waals surface area contributed by atoms with Crippen molar-refractivity contribution in [1.82, 2.24) is 0 Å². The maximum absolute atomic E-state index is 13.2. The third-order valence-electron chi connectivity index (χ3n) is 7.03. The summed E-state index contributed by atoms with van der Waals surface area (Å²) in [5, 5.41) is -0.0637. The van der Waals surface area contributed by atoms with E-state index in [0.717, 1.165) is 0 Å². The molecule has 0 unspecified atom stereocenters. The Labute approximate surface area is 174 Å². The molecule has 0 aromatic heterocycles. The summed E-state index contributed by atoms with van der Waals surface area (Å²) in [6.07, 6.45) is 1.76. The van der Waals surface area contributed by atoms with Crippen LogP contribution in [0.3, 0.4) is 0 Å². The Hall–Kier alpha value is -1.38. The fraction of sp³-hybridized carbons (Fsp3) is 0.810. The largest absolute Gasteiger partial charge is 0.519 e. The molecular formula is C21H34O7Si. The van der Waals surface area contributed by atoms with Crippen LogP contribution in [0.15, 0.2) is 11.8 Å². The van der Waals surface area contributed by atoms with Crippen LogP contribution in [0.4, 0.5) is 0 Å².